The summed E-state index contributed by atoms with van der Waals surface area (Å²) in [6.45, 7) is 4.13. The molecule has 0 aliphatic carbocycles. The average molecular weight is 423 g/mol. The minimum absolute atomic E-state index is 0.0269. The predicted octanol–water partition coefficient (Wildman–Crippen LogP) is -1.03. The number of hydrogen-bond acceptors (Lipinski definition) is 6. The Labute approximate surface area is 177 Å². The molecular formula is C20H34N6O4. The lowest BCUT2D eigenvalue weighted by Crippen LogP contribution is -2.63. The molecular weight excluding hydrogens is 388 g/mol. The Morgan fingerprint density at radius 1 is 1.07 bits per heavy atom. The van der Waals surface area contributed by atoms with Crippen LogP contribution in [0.3, 0.4) is 0 Å². The van der Waals surface area contributed by atoms with Crippen LogP contribution in [-0.4, -0.2) is 60.6 Å². The van der Waals surface area contributed by atoms with Gasteiger partial charge in [0.25, 0.3) is 0 Å². The minimum Gasteiger partial charge on any atom is -0.370 e. The summed E-state index contributed by atoms with van der Waals surface area (Å²) in [5.41, 5.74) is 10.7. The van der Waals surface area contributed by atoms with Gasteiger partial charge in [-0.1, -0.05) is 19.8 Å². The zero-order chi connectivity index (χ0) is 22.3. The average Bonchev–Trinajstić information content (AvgIpc) is 2.69. The van der Waals surface area contributed by atoms with Gasteiger partial charge in [-0.25, -0.2) is 0 Å². The second kappa shape index (κ2) is 11.1. The molecule has 10 heteroatoms. The highest BCUT2D eigenvalue weighted by Crippen LogP contribution is 2.30. The second-order valence-electron chi connectivity index (χ2n) is 8.14. The van der Waals surface area contributed by atoms with Crippen molar-refractivity contribution in [3.05, 3.63) is 0 Å². The Morgan fingerprint density at radius 2 is 1.77 bits per heavy atom. The van der Waals surface area contributed by atoms with Gasteiger partial charge in [0.2, 0.25) is 11.8 Å². The number of carbonyl (C=O) groups is 4. The summed E-state index contributed by atoms with van der Waals surface area (Å²) < 4.78 is 0. The third-order valence-electron chi connectivity index (χ3n) is 5.84. The van der Waals surface area contributed by atoms with Crippen LogP contribution in [0.15, 0.2) is 4.99 Å². The van der Waals surface area contributed by atoms with Gasteiger partial charge in [0.15, 0.2) is 17.5 Å². The van der Waals surface area contributed by atoms with Crippen molar-refractivity contribution in [3.8, 4) is 0 Å². The summed E-state index contributed by atoms with van der Waals surface area (Å²) in [4.78, 5) is 54.1. The molecule has 2 saturated heterocycles. The number of guanidine groups is 1. The van der Waals surface area contributed by atoms with E-state index >= 15 is 0 Å². The molecule has 7 N–H and O–H groups in total. The smallest absolute Gasteiger partial charge is 0.237 e. The highest BCUT2D eigenvalue weighted by atomic mass is 16.2. The molecule has 0 saturated carbocycles. The van der Waals surface area contributed by atoms with Crippen molar-refractivity contribution in [2.45, 2.75) is 70.5 Å². The predicted molar refractivity (Wildman–Crippen MR) is 112 cm³/mol. The first-order valence-corrected chi connectivity index (χ1v) is 10.7. The van der Waals surface area contributed by atoms with Gasteiger partial charge in [-0.15, -0.1) is 0 Å². The van der Waals surface area contributed by atoms with E-state index in [1.165, 1.54) is 6.92 Å². The van der Waals surface area contributed by atoms with Gasteiger partial charge in [-0.05, 0) is 32.6 Å². The third-order valence-corrected chi connectivity index (χ3v) is 5.84. The third kappa shape index (κ3) is 6.25. The number of piperazine rings is 1. The number of amides is 2. The number of piperidine rings is 1. The number of nitrogens with two attached hydrogens (primary N) is 2. The number of nitrogens with zero attached hydrogens (tertiary/aromatic N) is 1. The van der Waals surface area contributed by atoms with Crippen molar-refractivity contribution in [3.63, 3.8) is 0 Å². The van der Waals surface area contributed by atoms with Crippen LogP contribution in [-0.2, 0) is 19.2 Å². The van der Waals surface area contributed by atoms with Crippen LogP contribution in [0.1, 0.15) is 52.4 Å². The van der Waals surface area contributed by atoms with E-state index in [0.29, 0.717) is 25.9 Å². The van der Waals surface area contributed by atoms with E-state index in [4.69, 9.17) is 11.5 Å². The zero-order valence-corrected chi connectivity index (χ0v) is 17.8. The van der Waals surface area contributed by atoms with Gasteiger partial charge in [0, 0.05) is 24.9 Å². The number of hydrogen-bond donors (Lipinski definition) is 5. The number of Topliss-reactive ketones (excluding diaryl/α,β-unsaturated/α-hetero) is 2. The lowest BCUT2D eigenvalue weighted by Gasteiger charge is -2.38. The Bertz CT molecular complexity index is 691. The second-order valence-corrected chi connectivity index (χ2v) is 8.14. The maximum Gasteiger partial charge on any atom is 0.237 e. The van der Waals surface area contributed by atoms with Crippen molar-refractivity contribution < 1.29 is 19.2 Å². The van der Waals surface area contributed by atoms with E-state index in [2.05, 4.69) is 27.9 Å². The number of aliphatic imine (C=N–C) groups is 1. The van der Waals surface area contributed by atoms with Crippen LogP contribution < -0.4 is 27.4 Å². The van der Waals surface area contributed by atoms with Crippen LogP contribution in [0, 0.1) is 11.8 Å². The van der Waals surface area contributed by atoms with Crippen LogP contribution in [0.25, 0.3) is 0 Å². The van der Waals surface area contributed by atoms with Crippen molar-refractivity contribution >= 4 is 29.3 Å². The normalized spacial score (nSPS) is 28.9. The van der Waals surface area contributed by atoms with Gasteiger partial charge in [-0.3, -0.25) is 24.2 Å². The fourth-order valence-electron chi connectivity index (χ4n) is 4.12. The largest absolute Gasteiger partial charge is 0.370 e. The maximum atomic E-state index is 13.3. The molecule has 0 radical (unpaired) electrons. The van der Waals surface area contributed by atoms with Crippen molar-refractivity contribution in [2.75, 3.05) is 13.1 Å². The standard InChI is InChI=1S/C20H34N6O4/c1-3-4-7-14-19(30)26-16(10-24-14)17(28)13-9-15(11(2)27)25-18(29)12(13)6-5-8-23-20(21)22/h12-16,24H,3-10H2,1-2H3,(H,25,29)(H,26,30)(H4,21,22,23)/t12-,13?,14+,15-,16-/m1/s1. The molecule has 2 aliphatic rings. The van der Waals surface area contributed by atoms with Gasteiger partial charge >= 0.3 is 0 Å². The fraction of sp³-hybridized carbons (Fsp3) is 0.750. The molecule has 5 atom stereocenters. The molecule has 1 unspecified atom stereocenters. The van der Waals surface area contributed by atoms with Gasteiger partial charge in [0.1, 0.15) is 6.04 Å². The van der Waals surface area contributed by atoms with Gasteiger partial charge in [-0.2, -0.15) is 0 Å². The molecule has 10 nitrogen and oxygen atoms in total. The zero-order valence-electron chi connectivity index (χ0n) is 17.8. The summed E-state index contributed by atoms with van der Waals surface area (Å²) in [5, 5.41) is 8.68. The summed E-state index contributed by atoms with van der Waals surface area (Å²) in [5.74, 6) is -2.17. The van der Waals surface area contributed by atoms with E-state index in [1.54, 1.807) is 0 Å². The Kier molecular flexibility index (Phi) is 8.76. The topological polar surface area (TPSA) is 169 Å². The van der Waals surface area contributed by atoms with Gasteiger partial charge < -0.3 is 27.4 Å². The monoisotopic (exact) mass is 422 g/mol. The SMILES string of the molecule is CCCC[C@@H]1NC[C@H](C(=O)C2C[C@H](C(C)=O)NC(=O)[C@@H]2CCCN=C(N)N)NC1=O. The summed E-state index contributed by atoms with van der Waals surface area (Å²) in [6, 6.07) is -1.70. The molecule has 2 rings (SSSR count). The number of unbranched alkanes of at least 4 members (excludes halogenated alkanes) is 1. The van der Waals surface area contributed by atoms with Crippen molar-refractivity contribution in [1.29, 1.82) is 0 Å². The molecule has 2 amide bonds. The van der Waals surface area contributed by atoms with Crippen molar-refractivity contribution in [1.82, 2.24) is 16.0 Å². The van der Waals surface area contributed by atoms with Crippen LogP contribution in [0.4, 0.5) is 0 Å². The van der Waals surface area contributed by atoms with Gasteiger partial charge in [0.05, 0.1) is 12.1 Å². The molecule has 0 aromatic rings. The lowest BCUT2D eigenvalue weighted by molar-refractivity contribution is -0.143. The number of carbonyl (C=O) groups excluding carboxylic acids is 4. The first kappa shape index (κ1) is 23.8. The molecule has 30 heavy (non-hydrogen) atoms. The minimum atomic E-state index is -0.709. The highest BCUT2D eigenvalue weighted by molar-refractivity contribution is 5.99. The number of ketones is 2. The van der Waals surface area contributed by atoms with Crippen LogP contribution in [0.2, 0.25) is 0 Å². The van der Waals surface area contributed by atoms with E-state index in [9.17, 15) is 19.2 Å². The maximum absolute atomic E-state index is 13.3. The molecule has 2 aliphatic heterocycles. The fourth-order valence-corrected chi connectivity index (χ4v) is 4.12. The van der Waals surface area contributed by atoms with E-state index in [-0.39, 0.29) is 41.8 Å². The molecule has 0 aromatic heterocycles. The Hall–Kier alpha value is -2.49. The van der Waals surface area contributed by atoms with E-state index < -0.39 is 23.9 Å². The first-order chi connectivity index (χ1) is 14.2. The molecule has 0 aromatic carbocycles. The van der Waals surface area contributed by atoms with Crippen LogP contribution >= 0.6 is 0 Å². The Balaban J connectivity index is 2.08. The summed E-state index contributed by atoms with van der Waals surface area (Å²) in [7, 11) is 0. The molecule has 2 fully saturated rings. The van der Waals surface area contributed by atoms with Crippen molar-refractivity contribution in [2.24, 2.45) is 28.3 Å². The highest BCUT2D eigenvalue weighted by Gasteiger charge is 2.44. The summed E-state index contributed by atoms with van der Waals surface area (Å²) in [6.07, 6.45) is 3.80. The molecule has 0 spiro atoms. The molecule has 168 valence electrons. The van der Waals surface area contributed by atoms with Crippen LogP contribution in [0.5, 0.6) is 0 Å². The first-order valence-electron chi connectivity index (χ1n) is 10.7. The lowest BCUT2D eigenvalue weighted by atomic mass is 9.75. The van der Waals surface area contributed by atoms with E-state index in [1.807, 2.05) is 0 Å². The Morgan fingerprint density at radius 3 is 2.37 bits per heavy atom. The quantitative estimate of drug-likeness (QED) is 0.170. The number of rotatable bonds is 10. The molecule has 2 heterocycles. The van der Waals surface area contributed by atoms with E-state index in [0.717, 1.165) is 19.3 Å². The molecule has 0 bridgehead atoms. The number of nitrogens with one attached hydrogen (secondary N) is 3. The summed E-state index contributed by atoms with van der Waals surface area (Å²) >= 11 is 0.